The highest BCUT2D eigenvalue weighted by Gasteiger charge is 2.33. The van der Waals surface area contributed by atoms with Gasteiger partial charge in [0.05, 0.1) is 15.5 Å². The van der Waals surface area contributed by atoms with Crippen molar-refractivity contribution in [3.05, 3.63) is 26.7 Å². The molecule has 1 aromatic carbocycles. The van der Waals surface area contributed by atoms with E-state index in [1.807, 2.05) is 6.07 Å². The number of halogens is 2. The molecule has 1 amide bonds. The minimum atomic E-state index is -0.882. The van der Waals surface area contributed by atoms with Gasteiger partial charge in [-0.05, 0) is 28.9 Å². The number of piperazine rings is 1. The van der Waals surface area contributed by atoms with Gasteiger partial charge < -0.3 is 14.7 Å². The summed E-state index contributed by atoms with van der Waals surface area (Å²) >= 11 is 9.92. The monoisotopic (exact) mass is 398 g/mol. The molecule has 23 heavy (non-hydrogen) atoms. The van der Waals surface area contributed by atoms with Gasteiger partial charge >= 0.3 is 6.09 Å². The number of hydrogen-bond donors (Lipinski definition) is 1. The predicted octanol–water partition coefficient (Wildman–Crippen LogP) is 3.03. The summed E-state index contributed by atoms with van der Waals surface area (Å²) in [6.45, 7) is 4.52. The molecular weight excluding hydrogens is 384 g/mol. The molecule has 1 atom stereocenters. The van der Waals surface area contributed by atoms with Crippen molar-refractivity contribution in [1.29, 1.82) is 0 Å². The van der Waals surface area contributed by atoms with Gasteiger partial charge in [0.15, 0.2) is 0 Å². The molecule has 0 aliphatic carbocycles. The fraction of sp³-hybridized carbons (Fsp3) is 0.438. The summed E-state index contributed by atoms with van der Waals surface area (Å²) in [5.41, 5.74) is 1.82. The highest BCUT2D eigenvalue weighted by atomic mass is 79.9. The van der Waals surface area contributed by atoms with Crippen molar-refractivity contribution in [2.24, 2.45) is 0 Å². The van der Waals surface area contributed by atoms with Crippen LogP contribution >= 0.6 is 27.5 Å². The Kier molecular flexibility index (Phi) is 4.72. The molecule has 2 heterocycles. The molecule has 0 radical (unpaired) electrons. The molecule has 2 aliphatic rings. The maximum absolute atomic E-state index is 11.2. The van der Waals surface area contributed by atoms with E-state index in [1.165, 1.54) is 4.90 Å². The standard InChI is InChI=1S/C16H16BrClN2O3/c1-2-3-10-6-11-7-19-4-5-20(16(21)22)8-12(19)9-23-15(11)14(18)13(10)17/h6,12H,4-5,7-9H2,1H3,(H,21,22)/t12-/m1/s1. The zero-order valence-corrected chi connectivity index (χ0v) is 14.9. The average Bonchev–Trinajstić information content (AvgIpc) is 2.71. The highest BCUT2D eigenvalue weighted by molar-refractivity contribution is 9.10. The van der Waals surface area contributed by atoms with E-state index >= 15 is 0 Å². The lowest BCUT2D eigenvalue weighted by Crippen LogP contribution is -2.55. The molecule has 0 bridgehead atoms. The summed E-state index contributed by atoms with van der Waals surface area (Å²) in [7, 11) is 0. The van der Waals surface area contributed by atoms with Crippen LogP contribution in [0.15, 0.2) is 10.5 Å². The zero-order valence-electron chi connectivity index (χ0n) is 12.6. The van der Waals surface area contributed by atoms with Crippen LogP contribution in [-0.2, 0) is 6.54 Å². The van der Waals surface area contributed by atoms with Gasteiger partial charge in [-0.3, -0.25) is 4.90 Å². The Hall–Kier alpha value is -1.42. The number of benzene rings is 1. The second kappa shape index (κ2) is 6.60. The average molecular weight is 400 g/mol. The van der Waals surface area contributed by atoms with Crippen molar-refractivity contribution in [2.45, 2.75) is 19.5 Å². The second-order valence-electron chi connectivity index (χ2n) is 5.58. The van der Waals surface area contributed by atoms with Crippen molar-refractivity contribution in [2.75, 3.05) is 26.2 Å². The van der Waals surface area contributed by atoms with E-state index in [-0.39, 0.29) is 6.04 Å². The van der Waals surface area contributed by atoms with Gasteiger partial charge in [0.1, 0.15) is 12.4 Å². The number of fused-ring (bicyclic) bond motifs is 2. The maximum atomic E-state index is 11.2. The Morgan fingerprint density at radius 1 is 1.52 bits per heavy atom. The third-order valence-electron chi connectivity index (χ3n) is 4.17. The third kappa shape index (κ3) is 3.14. The fourth-order valence-corrected chi connectivity index (χ4v) is 3.66. The lowest BCUT2D eigenvalue weighted by molar-refractivity contribution is 0.0503. The number of ether oxygens (including phenoxy) is 1. The molecule has 1 N–H and O–H groups in total. The predicted molar refractivity (Wildman–Crippen MR) is 91.0 cm³/mol. The molecule has 0 spiro atoms. The van der Waals surface area contributed by atoms with Crippen molar-refractivity contribution in [1.82, 2.24) is 9.80 Å². The van der Waals surface area contributed by atoms with Gasteiger partial charge in [0.25, 0.3) is 0 Å². The van der Waals surface area contributed by atoms with E-state index in [2.05, 4.69) is 32.7 Å². The van der Waals surface area contributed by atoms with Crippen LogP contribution in [0.25, 0.3) is 0 Å². The van der Waals surface area contributed by atoms with Gasteiger partial charge in [-0.15, -0.1) is 5.92 Å². The van der Waals surface area contributed by atoms with Gasteiger partial charge in [-0.25, -0.2) is 4.79 Å². The zero-order chi connectivity index (χ0) is 16.6. The van der Waals surface area contributed by atoms with E-state index in [1.54, 1.807) is 6.92 Å². The molecule has 7 heteroatoms. The first-order valence-electron chi connectivity index (χ1n) is 7.29. The number of rotatable bonds is 0. The Balaban J connectivity index is 1.92. The van der Waals surface area contributed by atoms with Gasteiger partial charge in [-0.2, -0.15) is 0 Å². The molecule has 0 saturated carbocycles. The van der Waals surface area contributed by atoms with E-state index in [0.29, 0.717) is 43.6 Å². The molecule has 1 fully saturated rings. The summed E-state index contributed by atoms with van der Waals surface area (Å²) in [6, 6.07) is 2.02. The highest BCUT2D eigenvalue weighted by Crippen LogP contribution is 2.40. The van der Waals surface area contributed by atoms with Crippen LogP contribution in [0, 0.1) is 11.8 Å². The first-order chi connectivity index (χ1) is 11.0. The molecule has 122 valence electrons. The van der Waals surface area contributed by atoms with Gasteiger partial charge in [0, 0.05) is 37.3 Å². The summed E-state index contributed by atoms with van der Waals surface area (Å²) in [5.74, 6) is 6.59. The topological polar surface area (TPSA) is 53.0 Å². The van der Waals surface area contributed by atoms with Crippen LogP contribution in [0.3, 0.4) is 0 Å². The molecule has 1 saturated heterocycles. The smallest absolute Gasteiger partial charge is 0.407 e. The minimum Gasteiger partial charge on any atom is -0.490 e. The first-order valence-corrected chi connectivity index (χ1v) is 8.46. The Labute approximate surface area is 148 Å². The van der Waals surface area contributed by atoms with Crippen LogP contribution in [0.1, 0.15) is 18.1 Å². The summed E-state index contributed by atoms with van der Waals surface area (Å²) in [4.78, 5) is 14.9. The van der Waals surface area contributed by atoms with E-state index in [0.717, 1.165) is 15.6 Å². The van der Waals surface area contributed by atoms with E-state index in [9.17, 15) is 9.90 Å². The van der Waals surface area contributed by atoms with Crippen LogP contribution in [0.2, 0.25) is 5.02 Å². The fourth-order valence-electron chi connectivity index (χ4n) is 2.99. The Morgan fingerprint density at radius 2 is 2.30 bits per heavy atom. The maximum Gasteiger partial charge on any atom is 0.407 e. The SMILES string of the molecule is CC#Cc1cc2c(c(Cl)c1Br)OC[C@H]1CN(C(=O)O)CCN1C2. The largest absolute Gasteiger partial charge is 0.490 e. The number of hydrogen-bond acceptors (Lipinski definition) is 3. The molecular formula is C16H16BrClN2O3. The molecule has 2 aliphatic heterocycles. The van der Waals surface area contributed by atoms with Gasteiger partial charge in [0.2, 0.25) is 0 Å². The van der Waals surface area contributed by atoms with Crippen molar-refractivity contribution < 1.29 is 14.6 Å². The third-order valence-corrected chi connectivity index (χ3v) is 5.58. The number of nitrogens with zero attached hydrogens (tertiary/aromatic N) is 2. The second-order valence-corrected chi connectivity index (χ2v) is 6.75. The molecule has 0 unspecified atom stereocenters. The van der Waals surface area contributed by atoms with Gasteiger partial charge in [-0.1, -0.05) is 17.5 Å². The van der Waals surface area contributed by atoms with E-state index in [4.69, 9.17) is 16.3 Å². The summed E-state index contributed by atoms with van der Waals surface area (Å²) < 4.78 is 6.65. The normalized spacial score (nSPS) is 20.5. The first kappa shape index (κ1) is 16.4. The molecule has 1 aromatic rings. The number of carboxylic acid groups (broad SMARTS) is 1. The quantitative estimate of drug-likeness (QED) is 0.681. The number of amides is 1. The molecule has 3 rings (SSSR count). The van der Waals surface area contributed by atoms with Crippen molar-refractivity contribution in [3.63, 3.8) is 0 Å². The minimum absolute atomic E-state index is 0.0304. The lowest BCUT2D eigenvalue weighted by atomic mass is 10.1. The van der Waals surface area contributed by atoms with Crippen LogP contribution in [-0.4, -0.2) is 53.3 Å². The van der Waals surface area contributed by atoms with Crippen molar-refractivity contribution >= 4 is 33.6 Å². The number of carbonyl (C=O) groups is 1. The van der Waals surface area contributed by atoms with Crippen molar-refractivity contribution in [3.8, 4) is 17.6 Å². The summed E-state index contributed by atoms with van der Waals surface area (Å²) in [5, 5.41) is 9.70. The lowest BCUT2D eigenvalue weighted by Gasteiger charge is -2.38. The Bertz CT molecular complexity index is 714. The molecule has 0 aromatic heterocycles. The van der Waals surface area contributed by atoms with E-state index < -0.39 is 6.09 Å². The summed E-state index contributed by atoms with van der Waals surface area (Å²) in [6.07, 6.45) is -0.882. The Morgan fingerprint density at radius 3 is 3.00 bits per heavy atom. The van der Waals surface area contributed by atoms with Crippen LogP contribution in [0.4, 0.5) is 4.79 Å². The van der Waals surface area contributed by atoms with Crippen LogP contribution < -0.4 is 4.74 Å². The van der Waals surface area contributed by atoms with Crippen LogP contribution in [0.5, 0.6) is 5.75 Å². The molecule has 5 nitrogen and oxygen atoms in total.